The first kappa shape index (κ1) is 9.21. The fraction of sp³-hybridized carbons (Fsp3) is 0.364. The predicted molar refractivity (Wildman–Crippen MR) is 58.3 cm³/mol. The van der Waals surface area contributed by atoms with Crippen LogP contribution in [0.3, 0.4) is 0 Å². The van der Waals surface area contributed by atoms with Gasteiger partial charge in [0.05, 0.1) is 6.54 Å². The second kappa shape index (κ2) is 4.24. The molecule has 0 amide bonds. The molecule has 0 aromatic heterocycles. The highest BCUT2D eigenvalue weighted by Crippen LogP contribution is 2.05. The van der Waals surface area contributed by atoms with Crippen molar-refractivity contribution in [1.82, 2.24) is 5.32 Å². The first-order valence-electron chi connectivity index (χ1n) is 4.93. The fourth-order valence-electron chi connectivity index (χ4n) is 1.55. The standard InChI is InChI=1S/C11H15N3/c12-8-10-3-1-9(2-4-10)7-11-13-5-6-14-11/h1-4H,5-8,12H2,(H,13,14). The maximum atomic E-state index is 5.53. The molecule has 3 nitrogen and oxygen atoms in total. The Morgan fingerprint density at radius 2 is 1.93 bits per heavy atom. The molecule has 0 unspecified atom stereocenters. The molecule has 0 spiro atoms. The number of aliphatic imine (C=N–C) groups is 1. The minimum absolute atomic E-state index is 0.611. The van der Waals surface area contributed by atoms with Crippen LogP contribution in [0.1, 0.15) is 11.1 Å². The summed E-state index contributed by atoms with van der Waals surface area (Å²) in [4.78, 5) is 4.35. The third-order valence-electron chi connectivity index (χ3n) is 2.37. The second-order valence-electron chi connectivity index (χ2n) is 3.45. The maximum Gasteiger partial charge on any atom is 0.101 e. The van der Waals surface area contributed by atoms with Crippen molar-refractivity contribution in [2.75, 3.05) is 13.1 Å². The Kier molecular flexibility index (Phi) is 2.79. The summed E-state index contributed by atoms with van der Waals surface area (Å²) < 4.78 is 0. The van der Waals surface area contributed by atoms with Gasteiger partial charge in [0.25, 0.3) is 0 Å². The van der Waals surface area contributed by atoms with E-state index in [0.29, 0.717) is 6.54 Å². The molecule has 1 aromatic rings. The second-order valence-corrected chi connectivity index (χ2v) is 3.45. The minimum Gasteiger partial charge on any atom is -0.372 e. The molecule has 0 atom stereocenters. The van der Waals surface area contributed by atoms with Crippen molar-refractivity contribution >= 4 is 5.84 Å². The maximum absolute atomic E-state index is 5.53. The van der Waals surface area contributed by atoms with Gasteiger partial charge in [0, 0.05) is 19.5 Å². The zero-order valence-corrected chi connectivity index (χ0v) is 8.16. The van der Waals surface area contributed by atoms with Crippen LogP contribution in [-0.2, 0) is 13.0 Å². The van der Waals surface area contributed by atoms with E-state index in [1.54, 1.807) is 0 Å². The van der Waals surface area contributed by atoms with Crippen LogP contribution in [-0.4, -0.2) is 18.9 Å². The Bertz CT molecular complexity index is 327. The van der Waals surface area contributed by atoms with E-state index in [4.69, 9.17) is 5.73 Å². The SMILES string of the molecule is NCc1ccc(CC2=NCCN2)cc1. The fourth-order valence-corrected chi connectivity index (χ4v) is 1.55. The number of hydrogen-bond donors (Lipinski definition) is 2. The largest absolute Gasteiger partial charge is 0.372 e. The third-order valence-corrected chi connectivity index (χ3v) is 2.37. The molecule has 3 heteroatoms. The van der Waals surface area contributed by atoms with Gasteiger partial charge >= 0.3 is 0 Å². The van der Waals surface area contributed by atoms with Crippen molar-refractivity contribution < 1.29 is 0 Å². The van der Waals surface area contributed by atoms with Crippen molar-refractivity contribution in [3.63, 3.8) is 0 Å². The van der Waals surface area contributed by atoms with E-state index in [1.807, 2.05) is 0 Å². The lowest BCUT2D eigenvalue weighted by Gasteiger charge is -2.03. The minimum atomic E-state index is 0.611. The molecule has 0 fully saturated rings. The van der Waals surface area contributed by atoms with E-state index in [-0.39, 0.29) is 0 Å². The van der Waals surface area contributed by atoms with Crippen LogP contribution in [0, 0.1) is 0 Å². The average molecular weight is 189 g/mol. The molecule has 2 rings (SSSR count). The number of amidine groups is 1. The molecule has 0 saturated heterocycles. The third kappa shape index (κ3) is 2.12. The molecule has 1 aliphatic rings. The van der Waals surface area contributed by atoms with Gasteiger partial charge in [-0.2, -0.15) is 0 Å². The molecule has 0 aliphatic carbocycles. The summed E-state index contributed by atoms with van der Waals surface area (Å²) in [5.41, 5.74) is 7.99. The summed E-state index contributed by atoms with van der Waals surface area (Å²) in [6.45, 7) is 2.51. The number of nitrogens with two attached hydrogens (primary N) is 1. The smallest absolute Gasteiger partial charge is 0.101 e. The predicted octanol–water partition coefficient (Wildman–Crippen LogP) is 0.689. The number of benzene rings is 1. The van der Waals surface area contributed by atoms with Crippen molar-refractivity contribution in [3.8, 4) is 0 Å². The van der Waals surface area contributed by atoms with Gasteiger partial charge in [0.2, 0.25) is 0 Å². The van der Waals surface area contributed by atoms with Crippen molar-refractivity contribution in [2.45, 2.75) is 13.0 Å². The van der Waals surface area contributed by atoms with E-state index >= 15 is 0 Å². The first-order chi connectivity index (χ1) is 6.88. The van der Waals surface area contributed by atoms with Crippen molar-refractivity contribution in [3.05, 3.63) is 35.4 Å². The first-order valence-corrected chi connectivity index (χ1v) is 4.93. The molecule has 3 N–H and O–H groups in total. The van der Waals surface area contributed by atoms with Gasteiger partial charge in [-0.05, 0) is 11.1 Å². The zero-order chi connectivity index (χ0) is 9.80. The molecule has 0 radical (unpaired) electrons. The molecule has 14 heavy (non-hydrogen) atoms. The highest BCUT2D eigenvalue weighted by molar-refractivity contribution is 5.85. The molecular weight excluding hydrogens is 174 g/mol. The van der Waals surface area contributed by atoms with Crippen LogP contribution < -0.4 is 11.1 Å². The van der Waals surface area contributed by atoms with Gasteiger partial charge in [-0.15, -0.1) is 0 Å². The van der Waals surface area contributed by atoms with E-state index in [9.17, 15) is 0 Å². The summed E-state index contributed by atoms with van der Waals surface area (Å²) in [5.74, 6) is 1.10. The highest BCUT2D eigenvalue weighted by Gasteiger charge is 2.05. The Morgan fingerprint density at radius 1 is 1.21 bits per heavy atom. The lowest BCUT2D eigenvalue weighted by Crippen LogP contribution is -2.20. The lowest BCUT2D eigenvalue weighted by atomic mass is 10.1. The Balaban J connectivity index is 2.02. The van der Waals surface area contributed by atoms with Crippen LogP contribution in [0.2, 0.25) is 0 Å². The average Bonchev–Trinajstić information content (AvgIpc) is 2.72. The molecule has 74 valence electrons. The number of rotatable bonds is 3. The Hall–Kier alpha value is -1.35. The van der Waals surface area contributed by atoms with E-state index in [2.05, 4.69) is 34.6 Å². The number of hydrogen-bond acceptors (Lipinski definition) is 3. The van der Waals surface area contributed by atoms with Crippen molar-refractivity contribution in [1.29, 1.82) is 0 Å². The summed E-state index contributed by atoms with van der Waals surface area (Å²) in [6.07, 6.45) is 0.908. The molecular formula is C11H15N3. The van der Waals surface area contributed by atoms with Gasteiger partial charge in [-0.3, -0.25) is 4.99 Å². The van der Waals surface area contributed by atoms with Gasteiger partial charge in [-0.25, -0.2) is 0 Å². The van der Waals surface area contributed by atoms with Crippen LogP contribution in [0.4, 0.5) is 0 Å². The van der Waals surface area contributed by atoms with Crippen LogP contribution >= 0.6 is 0 Å². The molecule has 1 heterocycles. The molecule has 1 aromatic carbocycles. The van der Waals surface area contributed by atoms with Crippen LogP contribution in [0.15, 0.2) is 29.3 Å². The van der Waals surface area contributed by atoms with E-state index in [1.165, 1.54) is 11.1 Å². The van der Waals surface area contributed by atoms with Crippen LogP contribution in [0.5, 0.6) is 0 Å². The molecule has 1 aliphatic heterocycles. The van der Waals surface area contributed by atoms with Gasteiger partial charge in [0.1, 0.15) is 5.84 Å². The number of nitrogens with zero attached hydrogens (tertiary/aromatic N) is 1. The monoisotopic (exact) mass is 189 g/mol. The summed E-state index contributed by atoms with van der Waals surface area (Å²) in [5, 5.41) is 3.26. The number of nitrogens with one attached hydrogen (secondary N) is 1. The lowest BCUT2D eigenvalue weighted by molar-refractivity contribution is 0.953. The molecule has 0 saturated carbocycles. The normalized spacial score (nSPS) is 15.1. The topological polar surface area (TPSA) is 50.4 Å². The van der Waals surface area contributed by atoms with E-state index < -0.39 is 0 Å². The van der Waals surface area contributed by atoms with E-state index in [0.717, 1.165) is 25.3 Å². The quantitative estimate of drug-likeness (QED) is 0.735. The van der Waals surface area contributed by atoms with Gasteiger partial charge < -0.3 is 11.1 Å². The van der Waals surface area contributed by atoms with Gasteiger partial charge in [-0.1, -0.05) is 24.3 Å². The zero-order valence-electron chi connectivity index (χ0n) is 8.16. The Labute approximate surface area is 84.0 Å². The van der Waals surface area contributed by atoms with Crippen LogP contribution in [0.25, 0.3) is 0 Å². The molecule has 0 bridgehead atoms. The summed E-state index contributed by atoms with van der Waals surface area (Å²) >= 11 is 0. The summed E-state index contributed by atoms with van der Waals surface area (Å²) in [6, 6.07) is 8.38. The summed E-state index contributed by atoms with van der Waals surface area (Å²) in [7, 11) is 0. The van der Waals surface area contributed by atoms with Gasteiger partial charge in [0.15, 0.2) is 0 Å². The highest BCUT2D eigenvalue weighted by atomic mass is 15.1. The van der Waals surface area contributed by atoms with Crippen molar-refractivity contribution in [2.24, 2.45) is 10.7 Å². The Morgan fingerprint density at radius 3 is 2.50 bits per heavy atom.